The van der Waals surface area contributed by atoms with Crippen LogP contribution in [0.4, 0.5) is 0 Å². The molecule has 0 amide bonds. The Hall–Kier alpha value is -6.65. The van der Waals surface area contributed by atoms with Crippen molar-refractivity contribution in [3.8, 4) is 67.5 Å². The first-order valence-corrected chi connectivity index (χ1v) is 16.4. The van der Waals surface area contributed by atoms with Crippen LogP contribution in [0.5, 0.6) is 0 Å². The van der Waals surface area contributed by atoms with Gasteiger partial charge in [-0.1, -0.05) is 133 Å². The zero-order chi connectivity index (χ0) is 32.6. The number of hydrogen-bond acceptors (Lipinski definition) is 4. The second-order valence-corrected chi connectivity index (χ2v) is 12.1. The molecule has 4 heteroatoms. The zero-order valence-corrected chi connectivity index (χ0v) is 26.5. The third-order valence-electron chi connectivity index (χ3n) is 8.93. The fourth-order valence-electron chi connectivity index (χ4n) is 6.43. The van der Waals surface area contributed by atoms with Gasteiger partial charge in [0.05, 0.1) is 0 Å². The van der Waals surface area contributed by atoms with E-state index in [1.54, 1.807) is 0 Å². The maximum Gasteiger partial charge on any atom is 0.164 e. The van der Waals surface area contributed by atoms with Crippen molar-refractivity contribution in [1.29, 1.82) is 0 Å². The van der Waals surface area contributed by atoms with E-state index in [0.29, 0.717) is 17.5 Å². The molecule has 0 saturated heterocycles. The van der Waals surface area contributed by atoms with Crippen LogP contribution >= 0.6 is 0 Å². The number of nitrogens with zero attached hydrogens (tertiary/aromatic N) is 3. The van der Waals surface area contributed by atoms with E-state index in [1.165, 1.54) is 0 Å². The van der Waals surface area contributed by atoms with Gasteiger partial charge in [-0.05, 0) is 75.8 Å². The molecule has 230 valence electrons. The summed E-state index contributed by atoms with van der Waals surface area (Å²) < 4.78 is 6.35. The highest BCUT2D eigenvalue weighted by molar-refractivity contribution is 6.07. The molecule has 0 aliphatic heterocycles. The Morgan fingerprint density at radius 3 is 1.18 bits per heavy atom. The van der Waals surface area contributed by atoms with Crippen LogP contribution in [0.25, 0.3) is 89.5 Å². The predicted octanol–water partition coefficient (Wildman–Crippen LogP) is 11.8. The molecule has 0 aliphatic carbocycles. The van der Waals surface area contributed by atoms with Crippen molar-refractivity contribution >= 4 is 21.9 Å². The van der Waals surface area contributed by atoms with Gasteiger partial charge < -0.3 is 4.42 Å². The quantitative estimate of drug-likeness (QED) is 0.184. The molecule has 2 aromatic heterocycles. The SMILES string of the molecule is c1ccc(-c2cccc(-c3nc(-c4cccc(-c5ccccc5)c4)nc(-c4ccc5oc6cc(-c7ccccc7)ccc6c5c4)n3)c2)cc1. The molecule has 49 heavy (non-hydrogen) atoms. The highest BCUT2D eigenvalue weighted by atomic mass is 16.3. The summed E-state index contributed by atoms with van der Waals surface area (Å²) in [5.74, 6) is 1.84. The average molecular weight is 628 g/mol. The lowest BCUT2D eigenvalue weighted by molar-refractivity contribution is 0.669. The fourth-order valence-corrected chi connectivity index (χ4v) is 6.43. The zero-order valence-electron chi connectivity index (χ0n) is 26.5. The van der Waals surface area contributed by atoms with Gasteiger partial charge in [0.1, 0.15) is 11.2 Å². The summed E-state index contributed by atoms with van der Waals surface area (Å²) in [4.78, 5) is 15.2. The van der Waals surface area contributed by atoms with E-state index < -0.39 is 0 Å². The average Bonchev–Trinajstić information content (AvgIpc) is 3.56. The fraction of sp³-hybridized carbons (Fsp3) is 0. The van der Waals surface area contributed by atoms with E-state index in [1.807, 2.05) is 30.3 Å². The second-order valence-electron chi connectivity index (χ2n) is 12.1. The first-order valence-electron chi connectivity index (χ1n) is 16.4. The van der Waals surface area contributed by atoms with Gasteiger partial charge in [0.15, 0.2) is 17.5 Å². The van der Waals surface area contributed by atoms with Crippen molar-refractivity contribution in [2.75, 3.05) is 0 Å². The van der Waals surface area contributed by atoms with E-state index in [-0.39, 0.29) is 0 Å². The first-order chi connectivity index (χ1) is 24.2. The minimum atomic E-state index is 0.604. The van der Waals surface area contributed by atoms with Gasteiger partial charge in [-0.3, -0.25) is 0 Å². The minimum absolute atomic E-state index is 0.604. The molecule has 0 spiro atoms. The molecule has 0 bridgehead atoms. The molecular weight excluding hydrogens is 599 g/mol. The largest absolute Gasteiger partial charge is 0.456 e. The summed E-state index contributed by atoms with van der Waals surface area (Å²) in [6.07, 6.45) is 0. The molecule has 0 atom stereocenters. The molecule has 0 aliphatic rings. The Labute approximate surface area is 284 Å². The number of furan rings is 1. The summed E-state index contributed by atoms with van der Waals surface area (Å²) >= 11 is 0. The van der Waals surface area contributed by atoms with E-state index >= 15 is 0 Å². The topological polar surface area (TPSA) is 51.8 Å². The van der Waals surface area contributed by atoms with Crippen LogP contribution in [0, 0.1) is 0 Å². The summed E-state index contributed by atoms with van der Waals surface area (Å²) in [6, 6.07) is 60.5. The Bertz CT molecular complexity index is 2490. The van der Waals surface area contributed by atoms with Gasteiger partial charge in [-0.2, -0.15) is 0 Å². The van der Waals surface area contributed by atoms with Crippen LogP contribution in [0.2, 0.25) is 0 Å². The number of hydrogen-bond donors (Lipinski definition) is 0. The molecule has 7 aromatic carbocycles. The lowest BCUT2D eigenvalue weighted by Gasteiger charge is -2.11. The number of aromatic nitrogens is 3. The Kier molecular flexibility index (Phi) is 7.10. The van der Waals surface area contributed by atoms with Crippen LogP contribution < -0.4 is 0 Å². The third kappa shape index (κ3) is 5.56. The lowest BCUT2D eigenvalue weighted by atomic mass is 10.0. The van der Waals surface area contributed by atoms with Gasteiger partial charge in [-0.25, -0.2) is 15.0 Å². The highest BCUT2D eigenvalue weighted by Gasteiger charge is 2.16. The highest BCUT2D eigenvalue weighted by Crippen LogP contribution is 2.35. The van der Waals surface area contributed by atoms with E-state index in [2.05, 4.69) is 146 Å². The molecule has 0 fully saturated rings. The third-order valence-corrected chi connectivity index (χ3v) is 8.93. The van der Waals surface area contributed by atoms with Gasteiger partial charge >= 0.3 is 0 Å². The number of fused-ring (bicyclic) bond motifs is 3. The summed E-state index contributed by atoms with van der Waals surface area (Å²) in [5.41, 5.74) is 11.2. The van der Waals surface area contributed by atoms with Crippen LogP contribution in [-0.2, 0) is 0 Å². The molecule has 9 aromatic rings. The Morgan fingerprint density at radius 2 is 0.673 bits per heavy atom. The van der Waals surface area contributed by atoms with Gasteiger partial charge in [0.2, 0.25) is 0 Å². The Morgan fingerprint density at radius 1 is 0.265 bits per heavy atom. The lowest BCUT2D eigenvalue weighted by Crippen LogP contribution is -2.00. The molecule has 0 radical (unpaired) electrons. The Balaban J connectivity index is 1.19. The number of benzene rings is 7. The van der Waals surface area contributed by atoms with E-state index in [9.17, 15) is 0 Å². The summed E-state index contributed by atoms with van der Waals surface area (Å²) in [5, 5.41) is 2.07. The molecule has 0 unspecified atom stereocenters. The van der Waals surface area contributed by atoms with Crippen LogP contribution in [0.3, 0.4) is 0 Å². The van der Waals surface area contributed by atoms with E-state index in [4.69, 9.17) is 19.4 Å². The second kappa shape index (κ2) is 12.2. The summed E-state index contributed by atoms with van der Waals surface area (Å²) in [6.45, 7) is 0. The molecule has 0 saturated carbocycles. The van der Waals surface area contributed by atoms with Crippen LogP contribution in [0.15, 0.2) is 180 Å². The molecule has 2 heterocycles. The van der Waals surface area contributed by atoms with E-state index in [0.717, 1.165) is 72.0 Å². The van der Waals surface area contributed by atoms with Crippen molar-refractivity contribution < 1.29 is 4.42 Å². The normalized spacial score (nSPS) is 11.3. The molecule has 4 nitrogen and oxygen atoms in total. The predicted molar refractivity (Wildman–Crippen MR) is 200 cm³/mol. The molecular formula is C45H29N3O. The van der Waals surface area contributed by atoms with Gasteiger partial charge in [-0.15, -0.1) is 0 Å². The maximum atomic E-state index is 6.35. The first kappa shape index (κ1) is 28.6. The van der Waals surface area contributed by atoms with Crippen LogP contribution in [-0.4, -0.2) is 15.0 Å². The van der Waals surface area contributed by atoms with Crippen LogP contribution in [0.1, 0.15) is 0 Å². The van der Waals surface area contributed by atoms with Gasteiger partial charge in [0, 0.05) is 27.5 Å². The molecule has 9 rings (SSSR count). The minimum Gasteiger partial charge on any atom is -0.456 e. The van der Waals surface area contributed by atoms with Crippen molar-refractivity contribution in [2.45, 2.75) is 0 Å². The van der Waals surface area contributed by atoms with Crippen molar-refractivity contribution in [3.05, 3.63) is 176 Å². The standard InChI is InChI=1S/C45H29N3O/c1-4-12-30(13-5-1)33-18-10-20-36(26-33)43-46-44(37-21-11-19-34(27-37)31-14-6-2-7-15-31)48-45(47-43)38-23-25-41-40(28-38)39-24-22-35(29-42(39)49-41)32-16-8-3-9-17-32/h1-29H. The smallest absolute Gasteiger partial charge is 0.164 e. The molecule has 0 N–H and O–H groups in total. The van der Waals surface area contributed by atoms with Crippen molar-refractivity contribution in [3.63, 3.8) is 0 Å². The van der Waals surface area contributed by atoms with Crippen molar-refractivity contribution in [1.82, 2.24) is 15.0 Å². The summed E-state index contributed by atoms with van der Waals surface area (Å²) in [7, 11) is 0. The monoisotopic (exact) mass is 627 g/mol. The number of rotatable bonds is 6. The maximum absolute atomic E-state index is 6.35. The van der Waals surface area contributed by atoms with Gasteiger partial charge in [0.25, 0.3) is 0 Å². The van der Waals surface area contributed by atoms with Crippen molar-refractivity contribution in [2.24, 2.45) is 0 Å².